The van der Waals surface area contributed by atoms with Gasteiger partial charge in [-0.05, 0) is 11.1 Å². The van der Waals surface area contributed by atoms with Crippen molar-refractivity contribution in [1.82, 2.24) is 0 Å². The van der Waals surface area contributed by atoms with E-state index < -0.39 is 0 Å². The zero-order chi connectivity index (χ0) is 28.5. The van der Waals surface area contributed by atoms with Crippen LogP contribution in [0.25, 0.3) is 16.9 Å². The summed E-state index contributed by atoms with van der Waals surface area (Å²) in [5.41, 5.74) is 13.6. The van der Waals surface area contributed by atoms with Crippen LogP contribution in [0.1, 0.15) is 48.0 Å². The van der Waals surface area contributed by atoms with Gasteiger partial charge >= 0.3 is 0 Å². The molecule has 2 unspecified atom stereocenters. The number of allylic oxidation sites excluding steroid dienone is 4. The molecule has 3 heteroatoms. The van der Waals surface area contributed by atoms with Gasteiger partial charge in [0.05, 0.1) is 0 Å². The van der Waals surface area contributed by atoms with Crippen molar-refractivity contribution < 1.29 is 25.8 Å². The fourth-order valence-corrected chi connectivity index (χ4v) is 4.93. The SMILES string of the molecule is CC1=[C-]C(C)C(C)=C1C.CCC(C)[NH-].[Hf].c1ccc(-c2ccccc2)cc1.c1ccc([SiH]c2ccccc2)cc1. The first-order valence-electron chi connectivity index (χ1n) is 13.9. The summed E-state index contributed by atoms with van der Waals surface area (Å²) in [6.45, 7) is 12.6. The van der Waals surface area contributed by atoms with Crippen LogP contribution in [-0.2, 0) is 25.8 Å². The number of hydrogen-bond donors (Lipinski definition) is 0. The van der Waals surface area contributed by atoms with Gasteiger partial charge in [-0.3, -0.25) is 6.08 Å². The summed E-state index contributed by atoms with van der Waals surface area (Å²) in [5, 5.41) is 2.90. The zero-order valence-corrected chi connectivity index (χ0v) is 29.7. The minimum absolute atomic E-state index is 0. The third-order valence-corrected chi connectivity index (χ3v) is 8.10. The van der Waals surface area contributed by atoms with Gasteiger partial charge in [-0.2, -0.15) is 11.1 Å². The molecule has 40 heavy (non-hydrogen) atoms. The van der Waals surface area contributed by atoms with Crippen LogP contribution >= 0.6 is 0 Å². The van der Waals surface area contributed by atoms with Crippen molar-refractivity contribution in [2.75, 3.05) is 0 Å². The van der Waals surface area contributed by atoms with Crippen molar-refractivity contribution in [2.24, 2.45) is 5.92 Å². The van der Waals surface area contributed by atoms with Gasteiger partial charge in [0.1, 0.15) is 9.52 Å². The van der Waals surface area contributed by atoms with Gasteiger partial charge in [-0.1, -0.05) is 179 Å². The average molecular weight is 709 g/mol. The fourth-order valence-electron chi connectivity index (χ4n) is 3.71. The molecule has 0 bridgehead atoms. The van der Waals surface area contributed by atoms with Crippen molar-refractivity contribution in [2.45, 2.75) is 54.0 Å². The molecule has 1 aliphatic carbocycles. The summed E-state index contributed by atoms with van der Waals surface area (Å²) >= 11 is 0. The fraction of sp³-hybridized carbons (Fsp3) is 0.243. The van der Waals surface area contributed by atoms with Gasteiger partial charge in [0.15, 0.2) is 0 Å². The van der Waals surface area contributed by atoms with Gasteiger partial charge in [0, 0.05) is 25.8 Å². The monoisotopic (exact) mass is 710 g/mol. The van der Waals surface area contributed by atoms with Crippen LogP contribution in [0.15, 0.2) is 138 Å². The average Bonchev–Trinajstić information content (AvgIpc) is 3.21. The second kappa shape index (κ2) is 20.3. The van der Waals surface area contributed by atoms with E-state index in [2.05, 4.69) is 143 Å². The van der Waals surface area contributed by atoms with Crippen molar-refractivity contribution >= 4 is 19.9 Å². The first-order chi connectivity index (χ1) is 18.8. The molecule has 0 amide bonds. The molecule has 0 heterocycles. The summed E-state index contributed by atoms with van der Waals surface area (Å²) in [4.78, 5) is 0. The Kier molecular flexibility index (Phi) is 18.0. The molecule has 0 spiro atoms. The molecule has 1 radical (unpaired) electrons. The van der Waals surface area contributed by atoms with Crippen LogP contribution in [0.2, 0.25) is 0 Å². The molecular formula is C37H44HfNSi-2. The Morgan fingerprint density at radius 1 is 0.675 bits per heavy atom. The summed E-state index contributed by atoms with van der Waals surface area (Å²) in [5.74, 6) is 0.560. The first kappa shape index (κ1) is 35.4. The maximum absolute atomic E-state index is 6.83. The standard InChI is InChI=1S/C12H11Si.C12H10.C9H13.C4H10N.Hf/c1-3-7-11(8-4-1)13-12-9-5-2-6-10-12;1-3-7-11(8-4-1)12-9-5-2-6-10-12;1-6-5-7(2)9(4)8(6)3;1-3-4(2)5;/h1-10,13H;1-10H;6H,1-4H3;4-5H,3H2,1-2H3;/q;;2*-1;. The van der Waals surface area contributed by atoms with Crippen LogP contribution in [-0.4, -0.2) is 15.6 Å². The number of hydrogen-bond acceptors (Lipinski definition) is 0. The molecule has 4 aromatic rings. The van der Waals surface area contributed by atoms with Crippen LogP contribution in [0, 0.1) is 12.0 Å². The van der Waals surface area contributed by atoms with E-state index in [1.807, 2.05) is 26.0 Å². The smallest absolute Gasteiger partial charge is 0.103 e. The summed E-state index contributed by atoms with van der Waals surface area (Å²) in [6.07, 6.45) is 4.33. The maximum Gasteiger partial charge on any atom is 0.103 e. The summed E-state index contributed by atoms with van der Waals surface area (Å²) in [7, 11) is 0.271. The predicted octanol–water partition coefficient (Wildman–Crippen LogP) is 8.98. The second-order valence-corrected chi connectivity index (χ2v) is 11.4. The van der Waals surface area contributed by atoms with Gasteiger partial charge in [0.25, 0.3) is 0 Å². The Hall–Kier alpha value is -2.59. The quantitative estimate of drug-likeness (QED) is 0.149. The number of benzene rings is 4. The molecule has 0 aromatic heterocycles. The molecule has 0 saturated carbocycles. The van der Waals surface area contributed by atoms with Crippen LogP contribution in [0.3, 0.4) is 0 Å². The van der Waals surface area contributed by atoms with Gasteiger partial charge in [-0.15, -0.1) is 13.0 Å². The van der Waals surface area contributed by atoms with E-state index in [4.69, 9.17) is 5.73 Å². The Balaban J connectivity index is 0.000000277. The Morgan fingerprint density at radius 2 is 1.00 bits per heavy atom. The predicted molar refractivity (Wildman–Crippen MR) is 175 cm³/mol. The minimum Gasteiger partial charge on any atom is -0.675 e. The molecule has 1 nitrogen and oxygen atoms in total. The van der Waals surface area contributed by atoms with Gasteiger partial charge in [0.2, 0.25) is 0 Å². The molecule has 1 N–H and O–H groups in total. The summed E-state index contributed by atoms with van der Waals surface area (Å²) < 4.78 is 0. The number of nitrogens with one attached hydrogen (secondary N) is 1. The topological polar surface area (TPSA) is 23.8 Å². The molecule has 1 aliphatic rings. The van der Waals surface area contributed by atoms with Crippen molar-refractivity contribution in [3.05, 3.63) is 150 Å². The summed E-state index contributed by atoms with van der Waals surface area (Å²) in [6, 6.07) is 42.2. The van der Waals surface area contributed by atoms with Gasteiger partial charge in [-0.25, -0.2) is 5.57 Å². The molecule has 207 valence electrons. The van der Waals surface area contributed by atoms with E-state index in [1.54, 1.807) is 0 Å². The van der Waals surface area contributed by atoms with E-state index in [0.29, 0.717) is 5.92 Å². The third-order valence-electron chi connectivity index (χ3n) is 6.66. The maximum atomic E-state index is 6.83. The normalized spacial score (nSPS) is 14.1. The van der Waals surface area contributed by atoms with E-state index in [1.165, 1.54) is 38.2 Å². The van der Waals surface area contributed by atoms with E-state index in [0.717, 1.165) is 6.42 Å². The molecule has 0 fully saturated rings. The van der Waals surface area contributed by atoms with E-state index in [-0.39, 0.29) is 41.4 Å². The van der Waals surface area contributed by atoms with E-state index in [9.17, 15) is 0 Å². The Labute approximate surface area is 265 Å². The van der Waals surface area contributed by atoms with Crippen LogP contribution < -0.4 is 10.4 Å². The van der Waals surface area contributed by atoms with Crippen molar-refractivity contribution in [1.29, 1.82) is 0 Å². The van der Waals surface area contributed by atoms with Crippen molar-refractivity contribution in [3.63, 3.8) is 0 Å². The van der Waals surface area contributed by atoms with Crippen LogP contribution in [0.4, 0.5) is 0 Å². The molecule has 0 aliphatic heterocycles. The Bertz CT molecular complexity index is 1180. The molecule has 0 saturated heterocycles. The first-order valence-corrected chi connectivity index (χ1v) is 15.0. The van der Waals surface area contributed by atoms with Gasteiger partial charge < -0.3 is 5.73 Å². The minimum atomic E-state index is 0. The molecule has 2 atom stereocenters. The molecular weight excluding hydrogens is 665 g/mol. The molecule has 4 aromatic carbocycles. The van der Waals surface area contributed by atoms with Crippen LogP contribution in [0.5, 0.6) is 0 Å². The number of rotatable bonds is 4. The second-order valence-electron chi connectivity index (χ2n) is 9.81. The van der Waals surface area contributed by atoms with Crippen molar-refractivity contribution in [3.8, 4) is 11.1 Å². The third kappa shape index (κ3) is 13.7. The molecule has 5 rings (SSSR count). The largest absolute Gasteiger partial charge is 0.675 e. The zero-order valence-electron chi connectivity index (χ0n) is 25.0. The Morgan fingerprint density at radius 3 is 1.23 bits per heavy atom. The van der Waals surface area contributed by atoms with E-state index >= 15 is 0 Å².